The smallest absolute Gasteiger partial charge is 0.265 e. The van der Waals surface area contributed by atoms with Crippen molar-refractivity contribution >= 4 is 25.4 Å². The number of halogens is 1. The molecule has 0 saturated carbocycles. The molecule has 2 aromatic rings. The maximum atomic E-state index is 11.4. The van der Waals surface area contributed by atoms with E-state index in [1.165, 1.54) is 6.07 Å². The molecule has 0 saturated heterocycles. The summed E-state index contributed by atoms with van der Waals surface area (Å²) in [6.45, 7) is 6.05. The van der Waals surface area contributed by atoms with Gasteiger partial charge in [-0.15, -0.1) is 0 Å². The van der Waals surface area contributed by atoms with E-state index in [0.717, 1.165) is 5.69 Å². The van der Waals surface area contributed by atoms with Crippen LogP contribution < -0.4 is 0 Å². The third-order valence-corrected chi connectivity index (χ3v) is 3.82. The van der Waals surface area contributed by atoms with Gasteiger partial charge in [0.1, 0.15) is 4.90 Å². The van der Waals surface area contributed by atoms with Gasteiger partial charge in [-0.05, 0) is 12.1 Å². The van der Waals surface area contributed by atoms with Crippen LogP contribution in [0.3, 0.4) is 0 Å². The Kier molecular flexibility index (Phi) is 2.71. The molecule has 6 heteroatoms. The van der Waals surface area contributed by atoms with Crippen molar-refractivity contribution in [2.45, 2.75) is 31.1 Å². The molecule has 17 heavy (non-hydrogen) atoms. The van der Waals surface area contributed by atoms with Crippen LogP contribution in [0.2, 0.25) is 0 Å². The standard InChI is InChI=1S/C11H13ClN2O2S/c1-11(2,3)9-7-14-6-4-5-8(10(14)13-9)17(12,15)16/h4-7H,1-3H3. The zero-order valence-corrected chi connectivity index (χ0v) is 11.4. The molecule has 0 aliphatic carbocycles. The molecule has 0 aliphatic heterocycles. The van der Waals surface area contributed by atoms with Crippen molar-refractivity contribution in [3.8, 4) is 0 Å². The first-order chi connectivity index (χ1) is 7.69. The summed E-state index contributed by atoms with van der Waals surface area (Å²) in [6, 6.07) is 3.09. The van der Waals surface area contributed by atoms with E-state index in [4.69, 9.17) is 10.7 Å². The van der Waals surface area contributed by atoms with Gasteiger partial charge in [0.2, 0.25) is 0 Å². The maximum Gasteiger partial charge on any atom is 0.265 e. The summed E-state index contributed by atoms with van der Waals surface area (Å²) in [4.78, 5) is 4.39. The molecule has 0 bridgehead atoms. The Hall–Kier alpha value is -1.07. The molecule has 0 N–H and O–H groups in total. The van der Waals surface area contributed by atoms with Crippen LogP contribution in [-0.4, -0.2) is 17.8 Å². The van der Waals surface area contributed by atoms with Crippen LogP contribution in [0.25, 0.3) is 5.65 Å². The van der Waals surface area contributed by atoms with E-state index >= 15 is 0 Å². The first kappa shape index (κ1) is 12.4. The maximum absolute atomic E-state index is 11.4. The fourth-order valence-electron chi connectivity index (χ4n) is 1.54. The van der Waals surface area contributed by atoms with E-state index in [1.54, 1.807) is 16.7 Å². The molecule has 0 fully saturated rings. The van der Waals surface area contributed by atoms with Gasteiger partial charge in [-0.1, -0.05) is 20.8 Å². The van der Waals surface area contributed by atoms with Crippen molar-refractivity contribution in [3.63, 3.8) is 0 Å². The number of hydrogen-bond acceptors (Lipinski definition) is 3. The molecule has 0 amide bonds. The normalized spacial score (nSPS) is 13.2. The van der Waals surface area contributed by atoms with Gasteiger partial charge in [0.15, 0.2) is 5.65 Å². The molecule has 2 heterocycles. The largest absolute Gasteiger partial charge is 0.306 e. The minimum absolute atomic E-state index is 0.0390. The summed E-state index contributed by atoms with van der Waals surface area (Å²) in [5, 5.41) is 0. The van der Waals surface area contributed by atoms with Gasteiger partial charge in [0.25, 0.3) is 9.05 Å². The molecule has 4 nitrogen and oxygen atoms in total. The zero-order chi connectivity index (χ0) is 12.8. The summed E-state index contributed by atoms with van der Waals surface area (Å²) in [5.41, 5.74) is 1.05. The Labute approximate surface area is 105 Å². The second-order valence-electron chi connectivity index (χ2n) is 4.92. The van der Waals surface area contributed by atoms with E-state index in [1.807, 2.05) is 27.0 Å². The lowest BCUT2D eigenvalue weighted by Gasteiger charge is -2.13. The van der Waals surface area contributed by atoms with Crippen LogP contribution in [0.5, 0.6) is 0 Å². The van der Waals surface area contributed by atoms with Crippen LogP contribution in [0.1, 0.15) is 26.5 Å². The Morgan fingerprint density at radius 3 is 2.53 bits per heavy atom. The lowest BCUT2D eigenvalue weighted by atomic mass is 9.93. The van der Waals surface area contributed by atoms with Crippen molar-refractivity contribution in [3.05, 3.63) is 30.2 Å². The summed E-state index contributed by atoms with van der Waals surface area (Å²) in [6.07, 6.45) is 3.57. The minimum Gasteiger partial charge on any atom is -0.306 e. The number of aromatic nitrogens is 2. The van der Waals surface area contributed by atoms with Crippen molar-refractivity contribution in [1.29, 1.82) is 0 Å². The fourth-order valence-corrected chi connectivity index (χ4v) is 2.51. The average molecular weight is 273 g/mol. The highest BCUT2D eigenvalue weighted by Crippen LogP contribution is 2.25. The SMILES string of the molecule is CC(C)(C)c1cn2cccc(S(=O)(=O)Cl)c2n1. The van der Waals surface area contributed by atoms with E-state index in [9.17, 15) is 8.42 Å². The van der Waals surface area contributed by atoms with Gasteiger partial charge >= 0.3 is 0 Å². The number of nitrogens with zero attached hydrogens (tertiary/aromatic N) is 2. The number of hydrogen-bond donors (Lipinski definition) is 0. The highest BCUT2D eigenvalue weighted by atomic mass is 35.7. The first-order valence-corrected chi connectivity index (χ1v) is 7.43. The quantitative estimate of drug-likeness (QED) is 0.750. The zero-order valence-electron chi connectivity index (χ0n) is 9.81. The molecular formula is C11H13ClN2O2S. The summed E-state index contributed by atoms with van der Waals surface area (Å²) in [7, 11) is 1.61. The van der Waals surface area contributed by atoms with Crippen LogP contribution in [0.15, 0.2) is 29.4 Å². The van der Waals surface area contributed by atoms with Gasteiger partial charge in [-0.2, -0.15) is 0 Å². The van der Waals surface area contributed by atoms with E-state index < -0.39 is 9.05 Å². The van der Waals surface area contributed by atoms with E-state index in [2.05, 4.69) is 4.98 Å². The topological polar surface area (TPSA) is 51.4 Å². The summed E-state index contributed by atoms with van der Waals surface area (Å²) >= 11 is 0. The third-order valence-electron chi connectivity index (χ3n) is 2.48. The van der Waals surface area contributed by atoms with Crippen LogP contribution in [0, 0.1) is 0 Å². The van der Waals surface area contributed by atoms with Gasteiger partial charge in [-0.25, -0.2) is 13.4 Å². The fraction of sp³-hybridized carbons (Fsp3) is 0.364. The Bertz CT molecular complexity index is 668. The predicted octanol–water partition coefficient (Wildman–Crippen LogP) is 2.56. The number of imidazole rings is 1. The number of pyridine rings is 1. The summed E-state index contributed by atoms with van der Waals surface area (Å²) in [5.74, 6) is 0. The average Bonchev–Trinajstić information content (AvgIpc) is 2.57. The predicted molar refractivity (Wildman–Crippen MR) is 66.9 cm³/mol. The molecule has 0 aromatic carbocycles. The lowest BCUT2D eigenvalue weighted by Crippen LogP contribution is -2.11. The van der Waals surface area contributed by atoms with Gasteiger partial charge in [0, 0.05) is 28.5 Å². The molecular weight excluding hydrogens is 260 g/mol. The molecule has 2 rings (SSSR count). The van der Waals surface area contributed by atoms with Crippen molar-refractivity contribution in [1.82, 2.24) is 9.38 Å². The highest BCUT2D eigenvalue weighted by Gasteiger charge is 2.21. The van der Waals surface area contributed by atoms with Gasteiger partial charge in [-0.3, -0.25) is 0 Å². The minimum atomic E-state index is -3.77. The lowest BCUT2D eigenvalue weighted by molar-refractivity contribution is 0.573. The molecule has 0 aliphatic rings. The Morgan fingerprint density at radius 1 is 1.35 bits per heavy atom. The molecule has 0 atom stereocenters. The van der Waals surface area contributed by atoms with Crippen molar-refractivity contribution in [2.75, 3.05) is 0 Å². The Morgan fingerprint density at radius 2 is 2.00 bits per heavy atom. The van der Waals surface area contributed by atoms with Gasteiger partial charge < -0.3 is 4.40 Å². The Balaban J connectivity index is 2.79. The molecule has 0 radical (unpaired) electrons. The van der Waals surface area contributed by atoms with Crippen LogP contribution in [-0.2, 0) is 14.5 Å². The van der Waals surface area contributed by atoms with Crippen LogP contribution >= 0.6 is 10.7 Å². The molecule has 2 aromatic heterocycles. The second-order valence-corrected chi connectivity index (χ2v) is 7.45. The first-order valence-electron chi connectivity index (χ1n) is 5.12. The molecule has 0 spiro atoms. The van der Waals surface area contributed by atoms with Crippen molar-refractivity contribution < 1.29 is 8.42 Å². The second kappa shape index (κ2) is 3.71. The van der Waals surface area contributed by atoms with E-state index in [-0.39, 0.29) is 10.3 Å². The number of fused-ring (bicyclic) bond motifs is 1. The van der Waals surface area contributed by atoms with Crippen molar-refractivity contribution in [2.24, 2.45) is 0 Å². The van der Waals surface area contributed by atoms with Gasteiger partial charge in [0.05, 0.1) is 5.69 Å². The third kappa shape index (κ3) is 2.30. The number of rotatable bonds is 1. The van der Waals surface area contributed by atoms with Crippen LogP contribution in [0.4, 0.5) is 0 Å². The summed E-state index contributed by atoms with van der Waals surface area (Å²) < 4.78 is 24.5. The molecule has 0 unspecified atom stereocenters. The monoisotopic (exact) mass is 272 g/mol. The molecule has 92 valence electrons. The highest BCUT2D eigenvalue weighted by molar-refractivity contribution is 8.13. The van der Waals surface area contributed by atoms with E-state index in [0.29, 0.717) is 5.65 Å².